The average molecular weight is 295 g/mol. The Kier molecular flexibility index (Phi) is 3.75. The Balaban J connectivity index is 0.000000133. The summed E-state index contributed by atoms with van der Waals surface area (Å²) in [7, 11) is 0. The molecule has 0 amide bonds. The maximum Gasteiger partial charge on any atom is 0.314 e. The van der Waals surface area contributed by atoms with Crippen molar-refractivity contribution >= 4 is 5.97 Å². The number of carboxylic acids is 1. The summed E-state index contributed by atoms with van der Waals surface area (Å²) in [6.45, 7) is 0. The molecule has 3 heteroatoms. The molecule has 0 aromatic heterocycles. The minimum atomic E-state index is -0.686. The Bertz CT molecular complexity index is 644. The summed E-state index contributed by atoms with van der Waals surface area (Å²) in [4.78, 5) is 10.9. The molecule has 2 saturated carbocycles. The van der Waals surface area contributed by atoms with Crippen LogP contribution in [0.4, 0.5) is 0 Å². The van der Waals surface area contributed by atoms with E-state index in [0.717, 1.165) is 31.2 Å². The van der Waals surface area contributed by atoms with Crippen molar-refractivity contribution in [2.75, 3.05) is 0 Å². The van der Waals surface area contributed by atoms with Crippen LogP contribution in [0.5, 0.6) is 0 Å². The van der Waals surface area contributed by atoms with Crippen molar-refractivity contribution < 1.29 is 9.90 Å². The third-order valence-corrected chi connectivity index (χ3v) is 4.62. The summed E-state index contributed by atoms with van der Waals surface area (Å²) in [5.41, 5.74) is 7.70. The van der Waals surface area contributed by atoms with Crippen molar-refractivity contribution in [3.63, 3.8) is 0 Å². The topological polar surface area (TPSA) is 63.3 Å². The normalized spacial score (nSPS) is 19.5. The number of hydrogen-bond donors (Lipinski definition) is 2. The maximum absolute atomic E-state index is 10.9. The Morgan fingerprint density at radius 2 is 1.27 bits per heavy atom. The first-order chi connectivity index (χ1) is 10.6. The van der Waals surface area contributed by atoms with Gasteiger partial charge in [-0.15, -0.1) is 0 Å². The van der Waals surface area contributed by atoms with E-state index in [2.05, 4.69) is 12.1 Å². The molecule has 0 bridgehead atoms. The molecule has 4 rings (SSSR count). The molecule has 0 spiro atoms. The number of aliphatic carboxylic acids is 1. The lowest BCUT2D eigenvalue weighted by Gasteiger charge is -2.08. The highest BCUT2D eigenvalue weighted by Gasteiger charge is 2.51. The van der Waals surface area contributed by atoms with E-state index in [0.29, 0.717) is 0 Å². The quantitative estimate of drug-likeness (QED) is 0.911. The lowest BCUT2D eigenvalue weighted by molar-refractivity contribution is -0.140. The summed E-state index contributed by atoms with van der Waals surface area (Å²) >= 11 is 0. The minimum Gasteiger partial charge on any atom is -0.481 e. The molecule has 22 heavy (non-hydrogen) atoms. The molecule has 3 N–H and O–H groups in total. The summed E-state index contributed by atoms with van der Waals surface area (Å²) < 4.78 is 0. The van der Waals surface area contributed by atoms with E-state index < -0.39 is 11.4 Å². The van der Waals surface area contributed by atoms with Gasteiger partial charge in [0.2, 0.25) is 0 Å². The number of carboxylic acid groups (broad SMARTS) is 1. The zero-order valence-corrected chi connectivity index (χ0v) is 12.5. The van der Waals surface area contributed by atoms with Gasteiger partial charge in [-0.05, 0) is 36.8 Å². The van der Waals surface area contributed by atoms with Crippen LogP contribution in [-0.4, -0.2) is 11.1 Å². The molecule has 2 aliphatic carbocycles. The largest absolute Gasteiger partial charge is 0.481 e. The highest BCUT2D eigenvalue weighted by molar-refractivity contribution is 5.84. The fourth-order valence-electron chi connectivity index (χ4n) is 2.70. The van der Waals surface area contributed by atoms with E-state index in [4.69, 9.17) is 10.8 Å². The second kappa shape index (κ2) is 5.58. The zero-order valence-electron chi connectivity index (χ0n) is 12.5. The van der Waals surface area contributed by atoms with Gasteiger partial charge in [-0.1, -0.05) is 60.7 Å². The van der Waals surface area contributed by atoms with Crippen molar-refractivity contribution in [3.8, 4) is 0 Å². The van der Waals surface area contributed by atoms with Gasteiger partial charge in [-0.3, -0.25) is 4.79 Å². The lowest BCUT2D eigenvalue weighted by Crippen LogP contribution is -2.19. The summed E-state index contributed by atoms with van der Waals surface area (Å²) in [5.74, 6) is -0.686. The second-order valence-corrected chi connectivity index (χ2v) is 6.28. The van der Waals surface area contributed by atoms with Gasteiger partial charge in [0.15, 0.2) is 0 Å². The Labute approximate surface area is 130 Å². The first kappa shape index (κ1) is 14.8. The number of carbonyl (C=O) groups is 1. The van der Waals surface area contributed by atoms with Gasteiger partial charge in [-0.25, -0.2) is 0 Å². The molecule has 2 fully saturated rings. The van der Waals surface area contributed by atoms with Gasteiger partial charge >= 0.3 is 5.97 Å². The van der Waals surface area contributed by atoms with Crippen molar-refractivity contribution in [2.45, 2.75) is 36.6 Å². The molecule has 2 aromatic rings. The molecule has 3 nitrogen and oxygen atoms in total. The van der Waals surface area contributed by atoms with Gasteiger partial charge in [0, 0.05) is 5.54 Å². The van der Waals surface area contributed by atoms with Crippen LogP contribution in [0.25, 0.3) is 0 Å². The first-order valence-electron chi connectivity index (χ1n) is 7.70. The van der Waals surface area contributed by atoms with Gasteiger partial charge in [-0.2, -0.15) is 0 Å². The monoisotopic (exact) mass is 295 g/mol. The SMILES string of the molecule is NC1(c2ccccc2)CC1.O=C(O)C1(c2ccccc2)CC1. The number of rotatable bonds is 3. The van der Waals surface area contributed by atoms with Crippen LogP contribution in [0, 0.1) is 0 Å². The third-order valence-electron chi connectivity index (χ3n) is 4.62. The van der Waals surface area contributed by atoms with Gasteiger partial charge in [0.1, 0.15) is 0 Å². The molecular weight excluding hydrogens is 274 g/mol. The van der Waals surface area contributed by atoms with Gasteiger partial charge in [0.25, 0.3) is 0 Å². The standard InChI is InChI=1S/C10H10O2.C9H11N/c11-9(12)10(6-7-10)8-4-2-1-3-5-8;10-9(6-7-9)8-4-2-1-3-5-8/h1-5H,6-7H2,(H,11,12);1-5H,6-7,10H2. The molecule has 114 valence electrons. The van der Waals surface area contributed by atoms with Crippen molar-refractivity contribution in [1.29, 1.82) is 0 Å². The van der Waals surface area contributed by atoms with E-state index >= 15 is 0 Å². The van der Waals surface area contributed by atoms with E-state index in [1.165, 1.54) is 5.56 Å². The summed E-state index contributed by atoms with van der Waals surface area (Å²) in [5, 5.41) is 8.96. The fraction of sp³-hybridized carbons (Fsp3) is 0.316. The third kappa shape index (κ3) is 2.90. The van der Waals surface area contributed by atoms with E-state index in [-0.39, 0.29) is 5.54 Å². The van der Waals surface area contributed by atoms with Crippen molar-refractivity contribution in [2.24, 2.45) is 5.73 Å². The number of hydrogen-bond acceptors (Lipinski definition) is 2. The first-order valence-corrected chi connectivity index (χ1v) is 7.70. The Morgan fingerprint density at radius 3 is 1.64 bits per heavy atom. The lowest BCUT2D eigenvalue weighted by atomic mass is 9.97. The maximum atomic E-state index is 10.9. The van der Waals surface area contributed by atoms with E-state index in [1.807, 2.05) is 48.5 Å². The smallest absolute Gasteiger partial charge is 0.314 e. The van der Waals surface area contributed by atoms with E-state index in [9.17, 15) is 4.79 Å². The van der Waals surface area contributed by atoms with E-state index in [1.54, 1.807) is 0 Å². The number of benzene rings is 2. The number of nitrogens with two attached hydrogens (primary N) is 1. The summed E-state index contributed by atoms with van der Waals surface area (Å²) in [6.07, 6.45) is 3.87. The van der Waals surface area contributed by atoms with Crippen LogP contribution in [0.3, 0.4) is 0 Å². The van der Waals surface area contributed by atoms with Crippen LogP contribution in [0.1, 0.15) is 36.8 Å². The Hall–Kier alpha value is -2.13. The highest BCUT2D eigenvalue weighted by Crippen LogP contribution is 2.48. The van der Waals surface area contributed by atoms with Crippen molar-refractivity contribution in [1.82, 2.24) is 0 Å². The highest BCUT2D eigenvalue weighted by atomic mass is 16.4. The molecule has 0 atom stereocenters. The minimum absolute atomic E-state index is 0.0429. The average Bonchev–Trinajstić information content (AvgIpc) is 3.46. The fourth-order valence-corrected chi connectivity index (χ4v) is 2.70. The molecular formula is C19H21NO2. The van der Waals surface area contributed by atoms with Crippen LogP contribution < -0.4 is 5.73 Å². The van der Waals surface area contributed by atoms with Gasteiger partial charge < -0.3 is 10.8 Å². The predicted octanol–water partition coefficient (Wildman–Crippen LogP) is 3.44. The summed E-state index contributed by atoms with van der Waals surface area (Å²) in [6, 6.07) is 19.8. The van der Waals surface area contributed by atoms with Crippen molar-refractivity contribution in [3.05, 3.63) is 71.8 Å². The Morgan fingerprint density at radius 1 is 0.818 bits per heavy atom. The zero-order chi connectivity index (χ0) is 15.6. The molecule has 2 aromatic carbocycles. The van der Waals surface area contributed by atoms with Gasteiger partial charge in [0.05, 0.1) is 5.41 Å². The van der Waals surface area contributed by atoms with Crippen LogP contribution >= 0.6 is 0 Å². The van der Waals surface area contributed by atoms with Crippen LogP contribution in [0.15, 0.2) is 60.7 Å². The molecule has 0 unspecified atom stereocenters. The second-order valence-electron chi connectivity index (χ2n) is 6.28. The molecule has 0 saturated heterocycles. The molecule has 2 aliphatic rings. The van der Waals surface area contributed by atoms with Crippen LogP contribution in [0.2, 0.25) is 0 Å². The molecule has 0 radical (unpaired) electrons. The molecule has 0 aliphatic heterocycles. The predicted molar refractivity (Wildman–Crippen MR) is 86.5 cm³/mol. The molecule has 0 heterocycles. The van der Waals surface area contributed by atoms with Crippen LogP contribution in [-0.2, 0) is 15.7 Å².